The molecule has 3 fully saturated rings. The number of morpholine rings is 1. The number of carbonyl (C=O) groups excluding carboxylic acids is 1. The standard InChI is InChI=1S/C22H32N2O2/c1-16-14-24(7-8-26-16)15-19-4-2-3-18(9-19)13-23-22(25)12-21-11-17-5-6-20(21)10-17/h2-4,9,16-17,20-21H,5-8,10-15H2,1H3,(H,23,25). The lowest BCUT2D eigenvalue weighted by Crippen LogP contribution is -2.40. The lowest BCUT2D eigenvalue weighted by molar-refractivity contribution is -0.122. The zero-order chi connectivity index (χ0) is 17.9. The molecule has 1 aliphatic heterocycles. The average Bonchev–Trinajstić information content (AvgIpc) is 3.23. The van der Waals surface area contributed by atoms with Gasteiger partial charge in [0.1, 0.15) is 0 Å². The smallest absolute Gasteiger partial charge is 0.220 e. The molecule has 26 heavy (non-hydrogen) atoms. The van der Waals surface area contributed by atoms with Crippen LogP contribution in [-0.4, -0.2) is 36.6 Å². The van der Waals surface area contributed by atoms with Gasteiger partial charge in [0.25, 0.3) is 0 Å². The van der Waals surface area contributed by atoms with Gasteiger partial charge in [0, 0.05) is 32.6 Å². The number of carbonyl (C=O) groups is 1. The fraction of sp³-hybridized carbons (Fsp3) is 0.682. The second-order valence-corrected chi connectivity index (χ2v) is 8.65. The van der Waals surface area contributed by atoms with E-state index in [4.69, 9.17) is 4.74 Å². The highest BCUT2D eigenvalue weighted by Gasteiger charge is 2.39. The Hall–Kier alpha value is -1.39. The third-order valence-corrected chi connectivity index (χ3v) is 6.54. The van der Waals surface area contributed by atoms with Crippen molar-refractivity contribution in [3.05, 3.63) is 35.4 Å². The van der Waals surface area contributed by atoms with Crippen LogP contribution in [0.15, 0.2) is 24.3 Å². The molecule has 1 amide bonds. The Bertz CT molecular complexity index is 632. The number of fused-ring (bicyclic) bond motifs is 2. The molecule has 4 nitrogen and oxygen atoms in total. The van der Waals surface area contributed by atoms with Crippen LogP contribution in [0.25, 0.3) is 0 Å². The number of nitrogens with one attached hydrogen (secondary N) is 1. The maximum atomic E-state index is 12.4. The second kappa shape index (κ2) is 8.10. The quantitative estimate of drug-likeness (QED) is 0.850. The van der Waals surface area contributed by atoms with E-state index in [0.29, 0.717) is 18.6 Å². The lowest BCUT2D eigenvalue weighted by Gasteiger charge is -2.31. The first-order valence-electron chi connectivity index (χ1n) is 10.3. The molecule has 1 aromatic carbocycles. The number of hydrogen-bond acceptors (Lipinski definition) is 3. The summed E-state index contributed by atoms with van der Waals surface area (Å²) in [6, 6.07) is 8.64. The third kappa shape index (κ3) is 4.47. The van der Waals surface area contributed by atoms with Crippen LogP contribution in [0.2, 0.25) is 0 Å². The van der Waals surface area contributed by atoms with Crippen LogP contribution in [-0.2, 0) is 22.6 Å². The molecule has 1 aromatic rings. The molecule has 0 spiro atoms. The van der Waals surface area contributed by atoms with Gasteiger partial charge in [-0.1, -0.05) is 30.7 Å². The van der Waals surface area contributed by atoms with E-state index < -0.39 is 0 Å². The Morgan fingerprint density at radius 3 is 2.92 bits per heavy atom. The Labute approximate surface area is 157 Å². The van der Waals surface area contributed by atoms with Crippen molar-refractivity contribution < 1.29 is 9.53 Å². The minimum atomic E-state index is 0.231. The third-order valence-electron chi connectivity index (χ3n) is 6.54. The van der Waals surface area contributed by atoms with Gasteiger partial charge in [-0.15, -0.1) is 0 Å². The van der Waals surface area contributed by atoms with Crippen LogP contribution in [0, 0.1) is 17.8 Å². The Morgan fingerprint density at radius 2 is 2.15 bits per heavy atom. The molecule has 0 radical (unpaired) electrons. The minimum absolute atomic E-state index is 0.231. The fourth-order valence-electron chi connectivity index (χ4n) is 5.27. The number of ether oxygens (including phenoxy) is 1. The highest BCUT2D eigenvalue weighted by atomic mass is 16.5. The van der Waals surface area contributed by atoms with Gasteiger partial charge in [0.15, 0.2) is 0 Å². The summed E-state index contributed by atoms with van der Waals surface area (Å²) in [6.07, 6.45) is 6.46. The molecular formula is C22H32N2O2. The number of benzene rings is 1. The maximum Gasteiger partial charge on any atom is 0.220 e. The molecule has 1 heterocycles. The van der Waals surface area contributed by atoms with Crippen LogP contribution in [0.4, 0.5) is 0 Å². The number of hydrogen-bond donors (Lipinski definition) is 1. The molecule has 1 saturated heterocycles. The summed E-state index contributed by atoms with van der Waals surface area (Å²) in [6.45, 7) is 6.54. The largest absolute Gasteiger partial charge is 0.376 e. The molecule has 4 rings (SSSR count). The van der Waals surface area contributed by atoms with E-state index in [-0.39, 0.29) is 5.91 Å². The molecule has 2 bridgehead atoms. The topological polar surface area (TPSA) is 41.6 Å². The van der Waals surface area contributed by atoms with Crippen LogP contribution < -0.4 is 5.32 Å². The highest BCUT2D eigenvalue weighted by molar-refractivity contribution is 5.76. The number of amides is 1. The van der Waals surface area contributed by atoms with Crippen molar-refractivity contribution in [3.63, 3.8) is 0 Å². The van der Waals surface area contributed by atoms with Crippen molar-refractivity contribution in [1.82, 2.24) is 10.2 Å². The van der Waals surface area contributed by atoms with Crippen LogP contribution in [0.3, 0.4) is 0 Å². The van der Waals surface area contributed by atoms with E-state index in [2.05, 4.69) is 41.4 Å². The molecule has 0 aromatic heterocycles. The highest BCUT2D eigenvalue weighted by Crippen LogP contribution is 2.49. The first kappa shape index (κ1) is 18.0. The number of nitrogens with zero attached hydrogens (tertiary/aromatic N) is 1. The molecule has 3 aliphatic rings. The second-order valence-electron chi connectivity index (χ2n) is 8.65. The van der Waals surface area contributed by atoms with E-state index in [0.717, 1.165) is 44.5 Å². The fourth-order valence-corrected chi connectivity index (χ4v) is 5.27. The number of rotatable bonds is 6. The normalized spacial score (nSPS) is 31.3. The van der Waals surface area contributed by atoms with Gasteiger partial charge in [-0.05, 0) is 55.1 Å². The molecule has 2 aliphatic carbocycles. The predicted molar refractivity (Wildman–Crippen MR) is 103 cm³/mol. The summed E-state index contributed by atoms with van der Waals surface area (Å²) in [7, 11) is 0. The Kier molecular flexibility index (Phi) is 5.60. The molecule has 4 heteroatoms. The molecule has 142 valence electrons. The van der Waals surface area contributed by atoms with E-state index in [1.165, 1.54) is 36.8 Å². The molecule has 2 saturated carbocycles. The van der Waals surface area contributed by atoms with Gasteiger partial charge >= 0.3 is 0 Å². The Balaban J connectivity index is 1.25. The summed E-state index contributed by atoms with van der Waals surface area (Å²) in [4.78, 5) is 14.8. The zero-order valence-electron chi connectivity index (χ0n) is 16.0. The van der Waals surface area contributed by atoms with Crippen molar-refractivity contribution in [3.8, 4) is 0 Å². The van der Waals surface area contributed by atoms with Crippen molar-refractivity contribution >= 4 is 5.91 Å². The molecule has 1 N–H and O–H groups in total. The summed E-state index contributed by atoms with van der Waals surface area (Å²) >= 11 is 0. The van der Waals surface area contributed by atoms with E-state index in [1.54, 1.807) is 0 Å². The summed E-state index contributed by atoms with van der Waals surface area (Å²) in [5, 5.41) is 3.15. The van der Waals surface area contributed by atoms with Gasteiger partial charge in [0.2, 0.25) is 5.91 Å². The van der Waals surface area contributed by atoms with Crippen molar-refractivity contribution in [1.29, 1.82) is 0 Å². The van der Waals surface area contributed by atoms with Crippen LogP contribution in [0.1, 0.15) is 50.2 Å². The van der Waals surface area contributed by atoms with Gasteiger partial charge < -0.3 is 10.1 Å². The summed E-state index contributed by atoms with van der Waals surface area (Å²) in [5.41, 5.74) is 2.52. The van der Waals surface area contributed by atoms with Gasteiger partial charge in [0.05, 0.1) is 12.7 Å². The van der Waals surface area contributed by atoms with Gasteiger partial charge in [-0.3, -0.25) is 9.69 Å². The van der Waals surface area contributed by atoms with Crippen molar-refractivity contribution in [2.24, 2.45) is 17.8 Å². The lowest BCUT2D eigenvalue weighted by atomic mass is 9.86. The van der Waals surface area contributed by atoms with E-state index in [1.807, 2.05) is 0 Å². The summed E-state index contributed by atoms with van der Waals surface area (Å²) in [5.74, 6) is 2.61. The van der Waals surface area contributed by atoms with Crippen molar-refractivity contribution in [2.45, 2.75) is 58.2 Å². The Morgan fingerprint density at radius 1 is 1.27 bits per heavy atom. The van der Waals surface area contributed by atoms with Gasteiger partial charge in [-0.25, -0.2) is 0 Å². The molecule has 4 unspecified atom stereocenters. The molecular weight excluding hydrogens is 324 g/mol. The average molecular weight is 357 g/mol. The van der Waals surface area contributed by atoms with Crippen LogP contribution >= 0.6 is 0 Å². The van der Waals surface area contributed by atoms with Gasteiger partial charge in [-0.2, -0.15) is 0 Å². The minimum Gasteiger partial charge on any atom is -0.376 e. The molecule has 4 atom stereocenters. The summed E-state index contributed by atoms with van der Waals surface area (Å²) < 4.78 is 5.62. The first-order valence-corrected chi connectivity index (χ1v) is 10.3. The van der Waals surface area contributed by atoms with Crippen molar-refractivity contribution in [2.75, 3.05) is 19.7 Å². The van der Waals surface area contributed by atoms with E-state index >= 15 is 0 Å². The predicted octanol–water partition coefficient (Wildman–Crippen LogP) is 3.35. The van der Waals surface area contributed by atoms with E-state index in [9.17, 15) is 4.79 Å². The van der Waals surface area contributed by atoms with Crippen LogP contribution in [0.5, 0.6) is 0 Å². The first-order chi connectivity index (χ1) is 12.7. The SMILES string of the molecule is CC1CN(Cc2cccc(CNC(=O)CC3CC4CCC3C4)c2)CCO1. The maximum absolute atomic E-state index is 12.4. The zero-order valence-corrected chi connectivity index (χ0v) is 16.0. The monoisotopic (exact) mass is 356 g/mol.